The van der Waals surface area contributed by atoms with Gasteiger partial charge in [0, 0.05) is 45.7 Å². The van der Waals surface area contributed by atoms with Crippen molar-refractivity contribution in [2.24, 2.45) is 0 Å². The maximum absolute atomic E-state index is 14.1. The monoisotopic (exact) mass is 372 g/mol. The molecule has 3 atom stereocenters. The van der Waals surface area contributed by atoms with E-state index in [2.05, 4.69) is 20.3 Å². The van der Waals surface area contributed by atoms with E-state index in [4.69, 9.17) is 0 Å². The fourth-order valence-corrected chi connectivity index (χ4v) is 3.20. The number of anilines is 2. The first kappa shape index (κ1) is 19.0. The Bertz CT molecular complexity index is 772. The van der Waals surface area contributed by atoms with E-state index < -0.39 is 6.17 Å². The molecule has 0 bridgehead atoms. The van der Waals surface area contributed by atoms with E-state index in [1.165, 1.54) is 0 Å². The summed E-state index contributed by atoms with van der Waals surface area (Å²) in [6, 6.07) is 5.32. The second-order valence-electron chi connectivity index (χ2n) is 7.00. The van der Waals surface area contributed by atoms with Gasteiger partial charge in [0.2, 0.25) is 11.9 Å². The first-order chi connectivity index (χ1) is 13.0. The molecule has 0 aromatic carbocycles. The highest BCUT2D eigenvalue weighted by molar-refractivity contribution is 5.83. The molecule has 0 unspecified atom stereocenters. The minimum absolute atomic E-state index is 0.0954. The summed E-state index contributed by atoms with van der Waals surface area (Å²) in [6.45, 7) is 2.47. The number of hydrogen-bond acceptors (Lipinski definition) is 6. The van der Waals surface area contributed by atoms with E-state index in [1.807, 2.05) is 38.1 Å². The molecule has 1 aliphatic heterocycles. The van der Waals surface area contributed by atoms with Gasteiger partial charge >= 0.3 is 0 Å². The van der Waals surface area contributed by atoms with Crippen LogP contribution in [0.15, 0.2) is 36.8 Å². The maximum atomic E-state index is 14.1. The smallest absolute Gasteiger partial charge is 0.227 e. The standard InChI is InChI=1S/C19H25FN6O/c1-13(14-5-4-7-21-10-14)18(27)23-11-16-9-15(20)12-26(16)17-6-8-22-19(24-17)25(2)3/h4-8,10,13,15-16H,9,11-12H2,1-3H3,(H,23,27)/t13-,15+,16+/m1/s1. The molecule has 3 heterocycles. The van der Waals surface area contributed by atoms with Crippen molar-refractivity contribution >= 4 is 17.7 Å². The molecule has 0 spiro atoms. The van der Waals surface area contributed by atoms with E-state index in [1.54, 1.807) is 29.6 Å². The van der Waals surface area contributed by atoms with Crippen molar-refractivity contribution < 1.29 is 9.18 Å². The molecule has 144 valence electrons. The van der Waals surface area contributed by atoms with Crippen molar-refractivity contribution in [1.29, 1.82) is 0 Å². The van der Waals surface area contributed by atoms with Crippen LogP contribution in [0.5, 0.6) is 0 Å². The van der Waals surface area contributed by atoms with E-state index in [-0.39, 0.29) is 24.4 Å². The highest BCUT2D eigenvalue weighted by Gasteiger charge is 2.33. The van der Waals surface area contributed by atoms with Crippen LogP contribution in [0.25, 0.3) is 0 Å². The largest absolute Gasteiger partial charge is 0.354 e. The highest BCUT2D eigenvalue weighted by atomic mass is 19.1. The topological polar surface area (TPSA) is 74.2 Å². The molecule has 1 amide bonds. The fourth-order valence-electron chi connectivity index (χ4n) is 3.20. The average molecular weight is 372 g/mol. The normalized spacial score (nSPS) is 20.4. The summed E-state index contributed by atoms with van der Waals surface area (Å²) in [5.74, 6) is 0.840. The van der Waals surface area contributed by atoms with Crippen molar-refractivity contribution in [1.82, 2.24) is 20.3 Å². The van der Waals surface area contributed by atoms with Crippen LogP contribution >= 0.6 is 0 Å². The van der Waals surface area contributed by atoms with E-state index >= 15 is 0 Å². The Labute approximate surface area is 158 Å². The Morgan fingerprint density at radius 1 is 1.41 bits per heavy atom. The van der Waals surface area contributed by atoms with Gasteiger partial charge in [-0.05, 0) is 24.6 Å². The van der Waals surface area contributed by atoms with Crippen LogP contribution in [-0.2, 0) is 4.79 Å². The van der Waals surface area contributed by atoms with Gasteiger partial charge in [-0.3, -0.25) is 9.78 Å². The molecule has 7 nitrogen and oxygen atoms in total. The highest BCUT2D eigenvalue weighted by Crippen LogP contribution is 2.26. The minimum atomic E-state index is -0.944. The molecule has 2 aromatic heterocycles. The Hall–Kier alpha value is -2.77. The lowest BCUT2D eigenvalue weighted by atomic mass is 10.0. The molecule has 1 saturated heterocycles. The zero-order valence-corrected chi connectivity index (χ0v) is 15.8. The molecule has 3 rings (SSSR count). The van der Waals surface area contributed by atoms with E-state index in [9.17, 15) is 9.18 Å². The number of aromatic nitrogens is 3. The summed E-state index contributed by atoms with van der Waals surface area (Å²) in [5.41, 5.74) is 0.855. The van der Waals surface area contributed by atoms with Crippen LogP contribution in [0.2, 0.25) is 0 Å². The van der Waals surface area contributed by atoms with Gasteiger partial charge in [0.25, 0.3) is 0 Å². The van der Waals surface area contributed by atoms with Crippen molar-refractivity contribution in [3.63, 3.8) is 0 Å². The second-order valence-corrected chi connectivity index (χ2v) is 7.00. The number of nitrogens with one attached hydrogen (secondary N) is 1. The van der Waals surface area contributed by atoms with Crippen molar-refractivity contribution in [2.45, 2.75) is 31.5 Å². The molecule has 2 aromatic rings. The number of nitrogens with zero attached hydrogens (tertiary/aromatic N) is 5. The van der Waals surface area contributed by atoms with Crippen LogP contribution < -0.4 is 15.1 Å². The SMILES string of the molecule is C[C@@H](C(=O)NC[C@@H]1C[C@H](F)CN1c1ccnc(N(C)C)n1)c1cccnc1. The third-order valence-corrected chi connectivity index (χ3v) is 4.78. The number of carbonyl (C=O) groups is 1. The second kappa shape index (κ2) is 8.28. The van der Waals surface area contributed by atoms with Crippen LogP contribution in [0.3, 0.4) is 0 Å². The molecule has 1 N–H and O–H groups in total. The quantitative estimate of drug-likeness (QED) is 0.833. The molecule has 1 fully saturated rings. The summed E-state index contributed by atoms with van der Waals surface area (Å²) in [6.07, 6.45) is 4.45. The zero-order valence-electron chi connectivity index (χ0n) is 15.8. The lowest BCUT2D eigenvalue weighted by Crippen LogP contribution is -2.41. The molecule has 0 radical (unpaired) electrons. The summed E-state index contributed by atoms with van der Waals surface area (Å²) < 4.78 is 14.1. The van der Waals surface area contributed by atoms with Gasteiger partial charge in [-0.1, -0.05) is 6.07 Å². The predicted molar refractivity (Wildman–Crippen MR) is 103 cm³/mol. The van der Waals surface area contributed by atoms with Gasteiger partial charge in [-0.15, -0.1) is 0 Å². The fraction of sp³-hybridized carbons (Fsp3) is 0.474. The number of alkyl halides is 1. The molecule has 0 saturated carbocycles. The molecular weight excluding hydrogens is 347 g/mol. The lowest BCUT2D eigenvalue weighted by molar-refractivity contribution is -0.122. The summed E-state index contributed by atoms with van der Waals surface area (Å²) in [7, 11) is 3.72. The maximum Gasteiger partial charge on any atom is 0.227 e. The van der Waals surface area contributed by atoms with Gasteiger partial charge < -0.3 is 15.1 Å². The molecule has 27 heavy (non-hydrogen) atoms. The minimum Gasteiger partial charge on any atom is -0.354 e. The van der Waals surface area contributed by atoms with Crippen LogP contribution in [-0.4, -0.2) is 60.3 Å². The average Bonchev–Trinajstić information content (AvgIpc) is 3.07. The number of amides is 1. The number of carbonyl (C=O) groups excluding carboxylic acids is 1. The number of hydrogen-bond donors (Lipinski definition) is 1. The first-order valence-electron chi connectivity index (χ1n) is 9.04. The lowest BCUT2D eigenvalue weighted by Gasteiger charge is -2.26. The Morgan fingerprint density at radius 2 is 2.22 bits per heavy atom. The van der Waals surface area contributed by atoms with Gasteiger partial charge in [-0.2, -0.15) is 4.98 Å². The number of halogens is 1. The van der Waals surface area contributed by atoms with Crippen LogP contribution in [0.4, 0.5) is 16.2 Å². The van der Waals surface area contributed by atoms with Crippen LogP contribution in [0, 0.1) is 0 Å². The molecule has 1 aliphatic rings. The third kappa shape index (κ3) is 4.50. The van der Waals surface area contributed by atoms with Gasteiger partial charge in [0.05, 0.1) is 18.5 Å². The summed E-state index contributed by atoms with van der Waals surface area (Å²) >= 11 is 0. The van der Waals surface area contributed by atoms with E-state index in [0.29, 0.717) is 24.7 Å². The zero-order chi connectivity index (χ0) is 19.4. The molecule has 0 aliphatic carbocycles. The Morgan fingerprint density at radius 3 is 2.93 bits per heavy atom. The number of rotatable bonds is 6. The first-order valence-corrected chi connectivity index (χ1v) is 9.04. The predicted octanol–water partition coefficient (Wildman–Crippen LogP) is 1.77. The van der Waals surface area contributed by atoms with E-state index in [0.717, 1.165) is 5.56 Å². The molecular formula is C19H25FN6O. The third-order valence-electron chi connectivity index (χ3n) is 4.78. The Balaban J connectivity index is 1.66. The van der Waals surface area contributed by atoms with Crippen LogP contribution in [0.1, 0.15) is 24.8 Å². The summed E-state index contributed by atoms with van der Waals surface area (Å²) in [5, 5.41) is 2.95. The van der Waals surface area contributed by atoms with Gasteiger partial charge in [-0.25, -0.2) is 9.37 Å². The molecule has 8 heteroatoms. The van der Waals surface area contributed by atoms with Crippen molar-refractivity contribution in [3.05, 3.63) is 42.4 Å². The van der Waals surface area contributed by atoms with Crippen molar-refractivity contribution in [3.8, 4) is 0 Å². The van der Waals surface area contributed by atoms with Gasteiger partial charge in [0.1, 0.15) is 12.0 Å². The van der Waals surface area contributed by atoms with Crippen molar-refractivity contribution in [2.75, 3.05) is 37.0 Å². The van der Waals surface area contributed by atoms with Gasteiger partial charge in [0.15, 0.2) is 0 Å². The summed E-state index contributed by atoms with van der Waals surface area (Å²) in [4.78, 5) is 29.0. The Kier molecular flexibility index (Phi) is 5.83. The number of pyridine rings is 1.